The van der Waals surface area contributed by atoms with E-state index >= 15 is 0 Å². The first-order valence-corrected chi connectivity index (χ1v) is 3.71. The van der Waals surface area contributed by atoms with Crippen LogP contribution in [-0.4, -0.2) is 17.2 Å². The van der Waals surface area contributed by atoms with Gasteiger partial charge in [-0.15, -0.1) is 0 Å². The average Bonchev–Trinajstić information content (AvgIpc) is 2.12. The van der Waals surface area contributed by atoms with Gasteiger partial charge in [-0.1, -0.05) is 24.3 Å². The number of carbonyl (C=O) groups is 1. The van der Waals surface area contributed by atoms with E-state index in [9.17, 15) is 4.79 Å². The van der Waals surface area contributed by atoms with Gasteiger partial charge < -0.3 is 9.84 Å². The third-order valence-electron chi connectivity index (χ3n) is 1.90. The second-order valence-electron chi connectivity index (χ2n) is 2.68. The van der Waals surface area contributed by atoms with E-state index in [1.54, 1.807) is 12.1 Å². The minimum absolute atomic E-state index is 0.309. The molecule has 0 aromatic heterocycles. The van der Waals surface area contributed by atoms with Crippen molar-refractivity contribution in [3.05, 3.63) is 35.4 Å². The molecule has 0 spiro atoms. The first kappa shape index (κ1) is 7.46. The molecule has 0 aliphatic carbocycles. The van der Waals surface area contributed by atoms with Crippen LogP contribution in [0, 0.1) is 0 Å². The molecule has 0 saturated carbocycles. The fourth-order valence-electron chi connectivity index (χ4n) is 1.26. The molecule has 0 saturated heterocycles. The second-order valence-corrected chi connectivity index (χ2v) is 2.68. The van der Waals surface area contributed by atoms with Crippen molar-refractivity contribution in [3.63, 3.8) is 0 Å². The summed E-state index contributed by atoms with van der Waals surface area (Å²) in [6.45, 7) is 0.309. The number of Topliss-reactive ketones (excluding diaryl/α,β-unsaturated/α-hetero) is 1. The zero-order chi connectivity index (χ0) is 8.55. The molecule has 62 valence electrons. The highest BCUT2D eigenvalue weighted by molar-refractivity contribution is 6.00. The Morgan fingerprint density at radius 3 is 3.00 bits per heavy atom. The number of benzene rings is 1. The first-order chi connectivity index (χ1) is 5.79. The molecule has 3 heteroatoms. The SMILES string of the molecule is O=C1c2ccccc2COC1O. The lowest BCUT2D eigenvalue weighted by Gasteiger charge is -2.19. The van der Waals surface area contributed by atoms with E-state index in [0.717, 1.165) is 5.56 Å². The van der Waals surface area contributed by atoms with Crippen molar-refractivity contribution in [1.82, 2.24) is 0 Å². The standard InChI is InChI=1S/C9H8O3/c10-8-7-4-2-1-3-6(7)5-12-9(8)11/h1-4,9,11H,5H2. The predicted molar refractivity (Wildman–Crippen MR) is 41.6 cm³/mol. The number of aliphatic hydroxyl groups excluding tert-OH is 1. The summed E-state index contributed by atoms with van der Waals surface area (Å²) in [6, 6.07) is 7.13. The van der Waals surface area contributed by atoms with E-state index in [1.807, 2.05) is 12.1 Å². The van der Waals surface area contributed by atoms with Gasteiger partial charge in [0.05, 0.1) is 6.61 Å². The van der Waals surface area contributed by atoms with Gasteiger partial charge in [-0.2, -0.15) is 0 Å². The van der Waals surface area contributed by atoms with Crippen molar-refractivity contribution >= 4 is 5.78 Å². The molecule has 1 N–H and O–H groups in total. The number of carbonyl (C=O) groups excluding carboxylic acids is 1. The lowest BCUT2D eigenvalue weighted by Crippen LogP contribution is -2.29. The maximum atomic E-state index is 11.2. The normalized spacial score (nSPS) is 22.1. The van der Waals surface area contributed by atoms with E-state index in [1.165, 1.54) is 0 Å². The molecule has 1 heterocycles. The first-order valence-electron chi connectivity index (χ1n) is 3.71. The van der Waals surface area contributed by atoms with Gasteiger partial charge >= 0.3 is 0 Å². The minimum atomic E-state index is -1.28. The Bertz CT molecular complexity index is 319. The van der Waals surface area contributed by atoms with Crippen LogP contribution in [0.1, 0.15) is 15.9 Å². The summed E-state index contributed by atoms with van der Waals surface area (Å²) in [7, 11) is 0. The highest BCUT2D eigenvalue weighted by Gasteiger charge is 2.25. The van der Waals surface area contributed by atoms with Gasteiger partial charge in [0.1, 0.15) is 0 Å². The Morgan fingerprint density at radius 2 is 2.17 bits per heavy atom. The topological polar surface area (TPSA) is 46.5 Å². The van der Waals surface area contributed by atoms with Crippen LogP contribution < -0.4 is 0 Å². The van der Waals surface area contributed by atoms with Gasteiger partial charge in [0.15, 0.2) is 0 Å². The zero-order valence-electron chi connectivity index (χ0n) is 6.36. The molecule has 0 fully saturated rings. The van der Waals surface area contributed by atoms with E-state index in [-0.39, 0.29) is 5.78 Å². The Morgan fingerprint density at radius 1 is 1.42 bits per heavy atom. The molecule has 3 nitrogen and oxygen atoms in total. The lowest BCUT2D eigenvalue weighted by atomic mass is 10.0. The largest absolute Gasteiger partial charge is 0.362 e. The summed E-state index contributed by atoms with van der Waals surface area (Å²) in [5, 5.41) is 9.05. The van der Waals surface area contributed by atoms with Gasteiger partial charge in [0, 0.05) is 5.56 Å². The van der Waals surface area contributed by atoms with Crippen molar-refractivity contribution in [2.24, 2.45) is 0 Å². The van der Waals surface area contributed by atoms with Crippen LogP contribution >= 0.6 is 0 Å². The van der Waals surface area contributed by atoms with Crippen molar-refractivity contribution in [1.29, 1.82) is 0 Å². The van der Waals surface area contributed by atoms with Crippen LogP contribution in [0.15, 0.2) is 24.3 Å². The monoisotopic (exact) mass is 164 g/mol. The number of fused-ring (bicyclic) bond motifs is 1. The molecule has 1 aliphatic heterocycles. The van der Waals surface area contributed by atoms with Crippen molar-refractivity contribution in [2.45, 2.75) is 12.9 Å². The number of hydrogen-bond donors (Lipinski definition) is 1. The number of hydrogen-bond acceptors (Lipinski definition) is 3. The molecule has 1 aromatic carbocycles. The molecule has 0 amide bonds. The van der Waals surface area contributed by atoms with Crippen LogP contribution in [0.25, 0.3) is 0 Å². The molecule has 2 rings (SSSR count). The number of aliphatic hydroxyl groups is 1. The van der Waals surface area contributed by atoms with Gasteiger partial charge in [-0.05, 0) is 5.56 Å². The van der Waals surface area contributed by atoms with Crippen LogP contribution in [0.5, 0.6) is 0 Å². The molecule has 1 aromatic rings. The van der Waals surface area contributed by atoms with Crippen molar-refractivity contribution in [3.8, 4) is 0 Å². The van der Waals surface area contributed by atoms with Gasteiger partial charge in [-0.25, -0.2) is 0 Å². The number of ketones is 1. The molecular weight excluding hydrogens is 156 g/mol. The minimum Gasteiger partial charge on any atom is -0.362 e. The molecule has 1 atom stereocenters. The van der Waals surface area contributed by atoms with Gasteiger partial charge in [0.25, 0.3) is 0 Å². The van der Waals surface area contributed by atoms with Gasteiger partial charge in [-0.3, -0.25) is 4.79 Å². The number of rotatable bonds is 0. The Labute approximate surface area is 69.6 Å². The predicted octanol–water partition coefficient (Wildman–Crippen LogP) is 0.718. The van der Waals surface area contributed by atoms with Crippen LogP contribution in [0.2, 0.25) is 0 Å². The molecule has 12 heavy (non-hydrogen) atoms. The summed E-state index contributed by atoms with van der Waals surface area (Å²) in [5.74, 6) is -0.350. The van der Waals surface area contributed by atoms with Crippen LogP contribution in [-0.2, 0) is 11.3 Å². The maximum Gasteiger partial charge on any atom is 0.220 e. The molecule has 1 unspecified atom stereocenters. The summed E-state index contributed by atoms with van der Waals surface area (Å²) < 4.78 is 4.82. The van der Waals surface area contributed by atoms with E-state index in [0.29, 0.717) is 12.2 Å². The Kier molecular flexibility index (Phi) is 1.67. The fourth-order valence-corrected chi connectivity index (χ4v) is 1.26. The summed E-state index contributed by atoms with van der Waals surface area (Å²) in [6.07, 6.45) is -1.28. The van der Waals surface area contributed by atoms with E-state index < -0.39 is 6.29 Å². The average molecular weight is 164 g/mol. The molecular formula is C9H8O3. The van der Waals surface area contributed by atoms with Crippen LogP contribution in [0.3, 0.4) is 0 Å². The highest BCUT2D eigenvalue weighted by atomic mass is 16.6. The molecule has 1 aliphatic rings. The third-order valence-corrected chi connectivity index (χ3v) is 1.90. The van der Waals surface area contributed by atoms with E-state index in [2.05, 4.69) is 0 Å². The third kappa shape index (κ3) is 1.03. The quantitative estimate of drug-likeness (QED) is 0.614. The highest BCUT2D eigenvalue weighted by Crippen LogP contribution is 2.18. The summed E-state index contributed by atoms with van der Waals surface area (Å²) in [4.78, 5) is 11.2. The Hall–Kier alpha value is -1.19. The summed E-state index contributed by atoms with van der Waals surface area (Å²) in [5.41, 5.74) is 1.41. The smallest absolute Gasteiger partial charge is 0.220 e. The lowest BCUT2D eigenvalue weighted by molar-refractivity contribution is -0.0858. The molecule has 0 radical (unpaired) electrons. The second kappa shape index (κ2) is 2.69. The Balaban J connectivity index is 2.49. The van der Waals surface area contributed by atoms with Gasteiger partial charge in [0.2, 0.25) is 12.1 Å². The molecule has 0 bridgehead atoms. The van der Waals surface area contributed by atoms with E-state index in [4.69, 9.17) is 9.84 Å². The van der Waals surface area contributed by atoms with Crippen molar-refractivity contribution < 1.29 is 14.6 Å². The van der Waals surface area contributed by atoms with Crippen LogP contribution in [0.4, 0.5) is 0 Å². The summed E-state index contributed by atoms with van der Waals surface area (Å²) >= 11 is 0. The zero-order valence-corrected chi connectivity index (χ0v) is 6.36. The van der Waals surface area contributed by atoms with Crippen molar-refractivity contribution in [2.75, 3.05) is 0 Å². The fraction of sp³-hybridized carbons (Fsp3) is 0.222. The number of ether oxygens (including phenoxy) is 1. The maximum absolute atomic E-state index is 11.2.